The quantitative estimate of drug-likeness (QED) is 0.800. The molecule has 140 valence electrons. The fourth-order valence-electron chi connectivity index (χ4n) is 2.21. The molecule has 0 aromatic heterocycles. The first-order valence-corrected chi connectivity index (χ1v) is 9.16. The fourth-order valence-corrected chi connectivity index (χ4v) is 3.27. The highest BCUT2D eigenvalue weighted by Crippen LogP contribution is 2.19. The molecule has 0 atom stereocenters. The minimum absolute atomic E-state index is 0.0192. The minimum Gasteiger partial charge on any atom is -0.322 e. The average molecular weight is 386 g/mol. The molecule has 1 amide bonds. The van der Waals surface area contributed by atoms with E-state index in [1.807, 2.05) is 19.1 Å². The summed E-state index contributed by atoms with van der Waals surface area (Å²) in [6, 6.07) is 12.0. The molecule has 2 rings (SSSR count). The Morgan fingerprint density at radius 3 is 2.42 bits per heavy atom. The zero-order chi connectivity index (χ0) is 19.4. The van der Waals surface area contributed by atoms with Gasteiger partial charge in [0, 0.05) is 11.3 Å². The van der Waals surface area contributed by atoms with Crippen LogP contribution in [-0.2, 0) is 16.4 Å². The maximum absolute atomic E-state index is 12.4. The van der Waals surface area contributed by atoms with Crippen molar-refractivity contribution in [3.05, 3.63) is 59.7 Å². The predicted molar refractivity (Wildman–Crippen MR) is 91.5 cm³/mol. The molecule has 2 N–H and O–H groups in total. The van der Waals surface area contributed by atoms with Crippen molar-refractivity contribution in [1.29, 1.82) is 0 Å². The Morgan fingerprint density at radius 1 is 1.08 bits per heavy atom. The topological polar surface area (TPSA) is 75.3 Å². The summed E-state index contributed by atoms with van der Waals surface area (Å²) in [4.78, 5) is 12.0. The summed E-state index contributed by atoms with van der Waals surface area (Å²) in [6.07, 6.45) is -3.99. The largest absolute Gasteiger partial charge is 0.402 e. The summed E-state index contributed by atoms with van der Waals surface area (Å²) in [6.45, 7) is 0.236. The van der Waals surface area contributed by atoms with Crippen molar-refractivity contribution in [1.82, 2.24) is 4.72 Å². The van der Waals surface area contributed by atoms with Gasteiger partial charge in [0.25, 0.3) is 5.91 Å². The van der Waals surface area contributed by atoms with E-state index in [2.05, 4.69) is 5.32 Å². The Kier molecular flexibility index (Phi) is 6.04. The first kappa shape index (κ1) is 19.9. The number of para-hydroxylation sites is 1. The van der Waals surface area contributed by atoms with Gasteiger partial charge in [0.15, 0.2) is 0 Å². The van der Waals surface area contributed by atoms with Gasteiger partial charge in [0.2, 0.25) is 10.0 Å². The van der Waals surface area contributed by atoms with Crippen LogP contribution in [0.3, 0.4) is 0 Å². The molecule has 0 heterocycles. The molecule has 9 heteroatoms. The van der Waals surface area contributed by atoms with Crippen LogP contribution >= 0.6 is 0 Å². The molecule has 0 bridgehead atoms. The van der Waals surface area contributed by atoms with Crippen molar-refractivity contribution in [2.75, 3.05) is 11.9 Å². The Bertz CT molecular complexity index is 896. The van der Waals surface area contributed by atoms with Crippen molar-refractivity contribution in [2.24, 2.45) is 0 Å². The van der Waals surface area contributed by atoms with Gasteiger partial charge in [-0.1, -0.05) is 31.2 Å². The van der Waals surface area contributed by atoms with Crippen LogP contribution in [-0.4, -0.2) is 27.0 Å². The first-order valence-electron chi connectivity index (χ1n) is 7.68. The standard InChI is InChI=1S/C17H17F3N2O3S/c1-2-12-6-3-4-9-15(12)22-16(23)13-7-5-8-14(10-13)26(24,25)21-11-17(18,19)20/h3-10,21H,2,11H2,1H3,(H,22,23). The van der Waals surface area contributed by atoms with Gasteiger partial charge in [0.1, 0.15) is 6.54 Å². The lowest BCUT2D eigenvalue weighted by molar-refractivity contribution is -0.121. The number of sulfonamides is 1. The third-order valence-electron chi connectivity index (χ3n) is 3.52. The fraction of sp³-hybridized carbons (Fsp3) is 0.235. The molecular weight excluding hydrogens is 369 g/mol. The van der Waals surface area contributed by atoms with Crippen LogP contribution in [0.1, 0.15) is 22.8 Å². The molecule has 0 aliphatic carbocycles. The first-order chi connectivity index (χ1) is 12.1. The molecule has 0 aliphatic heterocycles. The van der Waals surface area contributed by atoms with E-state index in [0.29, 0.717) is 12.1 Å². The number of alkyl halides is 3. The number of halogens is 3. The van der Waals surface area contributed by atoms with Crippen molar-refractivity contribution in [3.63, 3.8) is 0 Å². The van der Waals surface area contributed by atoms with Gasteiger partial charge < -0.3 is 5.32 Å². The molecule has 0 fully saturated rings. The normalized spacial score (nSPS) is 12.0. The maximum atomic E-state index is 12.4. The zero-order valence-corrected chi connectivity index (χ0v) is 14.6. The van der Waals surface area contributed by atoms with E-state index >= 15 is 0 Å². The number of nitrogens with one attached hydrogen (secondary N) is 2. The highest BCUT2D eigenvalue weighted by molar-refractivity contribution is 7.89. The van der Waals surface area contributed by atoms with Crippen LogP contribution in [0.15, 0.2) is 53.4 Å². The van der Waals surface area contributed by atoms with Crippen LogP contribution in [0.4, 0.5) is 18.9 Å². The van der Waals surface area contributed by atoms with E-state index in [1.54, 1.807) is 12.1 Å². The molecule has 0 saturated carbocycles. The number of aryl methyl sites for hydroxylation is 1. The average Bonchev–Trinajstić information content (AvgIpc) is 2.60. The molecule has 0 unspecified atom stereocenters. The highest BCUT2D eigenvalue weighted by atomic mass is 32.2. The Labute approximate surface area is 149 Å². The van der Waals surface area contributed by atoms with E-state index < -0.39 is 33.5 Å². The Morgan fingerprint density at radius 2 is 1.77 bits per heavy atom. The number of hydrogen-bond acceptors (Lipinski definition) is 3. The lowest BCUT2D eigenvalue weighted by atomic mass is 10.1. The van der Waals surface area contributed by atoms with Crippen molar-refractivity contribution >= 4 is 21.6 Å². The summed E-state index contributed by atoms with van der Waals surface area (Å²) in [5.74, 6) is -0.557. The molecule has 0 saturated heterocycles. The van der Waals surface area contributed by atoms with Gasteiger partial charge in [-0.3, -0.25) is 4.79 Å². The summed E-state index contributed by atoms with van der Waals surface area (Å²) < 4.78 is 62.1. The van der Waals surface area contributed by atoms with Gasteiger partial charge in [-0.15, -0.1) is 0 Å². The van der Waals surface area contributed by atoms with Gasteiger partial charge in [0.05, 0.1) is 4.90 Å². The number of carbonyl (C=O) groups is 1. The predicted octanol–water partition coefficient (Wildman–Crippen LogP) is 3.34. The second-order valence-electron chi connectivity index (χ2n) is 5.43. The molecule has 0 spiro atoms. The molecular formula is C17H17F3N2O3S. The van der Waals surface area contributed by atoms with Crippen molar-refractivity contribution in [2.45, 2.75) is 24.4 Å². The summed E-state index contributed by atoms with van der Waals surface area (Å²) in [5, 5.41) is 2.68. The Balaban J connectivity index is 2.21. The van der Waals surface area contributed by atoms with E-state index in [0.717, 1.165) is 17.7 Å². The van der Waals surface area contributed by atoms with Crippen LogP contribution in [0.2, 0.25) is 0 Å². The van der Waals surface area contributed by atoms with Crippen molar-refractivity contribution in [3.8, 4) is 0 Å². The maximum Gasteiger partial charge on any atom is 0.402 e. The van der Waals surface area contributed by atoms with Crippen LogP contribution < -0.4 is 10.0 Å². The third-order valence-corrected chi connectivity index (χ3v) is 4.91. The zero-order valence-electron chi connectivity index (χ0n) is 13.8. The second-order valence-corrected chi connectivity index (χ2v) is 7.20. The molecule has 0 aliphatic rings. The molecule has 5 nitrogen and oxygen atoms in total. The monoisotopic (exact) mass is 386 g/mol. The van der Waals surface area contributed by atoms with Crippen LogP contribution in [0.25, 0.3) is 0 Å². The molecule has 2 aromatic rings. The van der Waals surface area contributed by atoms with E-state index in [1.165, 1.54) is 16.9 Å². The number of anilines is 1. The van der Waals surface area contributed by atoms with Crippen molar-refractivity contribution < 1.29 is 26.4 Å². The minimum atomic E-state index is -4.67. The van der Waals surface area contributed by atoms with Crippen LogP contribution in [0.5, 0.6) is 0 Å². The Hall–Kier alpha value is -2.39. The third kappa shape index (κ3) is 5.30. The number of rotatable bonds is 6. The number of benzene rings is 2. The van der Waals surface area contributed by atoms with Gasteiger partial charge in [-0.25, -0.2) is 13.1 Å². The van der Waals surface area contributed by atoms with Gasteiger partial charge >= 0.3 is 6.18 Å². The molecule has 2 aromatic carbocycles. The lowest BCUT2D eigenvalue weighted by Gasteiger charge is -2.12. The second kappa shape index (κ2) is 7.88. The number of carbonyl (C=O) groups excluding carboxylic acids is 1. The van der Waals surface area contributed by atoms with E-state index in [4.69, 9.17) is 0 Å². The molecule has 26 heavy (non-hydrogen) atoms. The summed E-state index contributed by atoms with van der Waals surface area (Å²) >= 11 is 0. The molecule has 0 radical (unpaired) electrons. The number of amides is 1. The lowest BCUT2D eigenvalue weighted by Crippen LogP contribution is -2.33. The van der Waals surface area contributed by atoms with Gasteiger partial charge in [-0.2, -0.15) is 13.2 Å². The van der Waals surface area contributed by atoms with E-state index in [-0.39, 0.29) is 5.56 Å². The van der Waals surface area contributed by atoms with E-state index in [9.17, 15) is 26.4 Å². The highest BCUT2D eigenvalue weighted by Gasteiger charge is 2.30. The van der Waals surface area contributed by atoms with Crippen LogP contribution in [0, 0.1) is 0 Å². The summed E-state index contributed by atoms with van der Waals surface area (Å²) in [7, 11) is -4.39. The summed E-state index contributed by atoms with van der Waals surface area (Å²) in [5.41, 5.74) is 1.51. The smallest absolute Gasteiger partial charge is 0.322 e. The number of hydrogen-bond donors (Lipinski definition) is 2. The SMILES string of the molecule is CCc1ccccc1NC(=O)c1cccc(S(=O)(=O)NCC(F)(F)F)c1. The van der Waals surface area contributed by atoms with Gasteiger partial charge in [-0.05, 0) is 36.2 Å².